The Morgan fingerprint density at radius 2 is 2.16 bits per heavy atom. The van der Waals surface area contributed by atoms with E-state index in [-0.39, 0.29) is 11.5 Å². The molecule has 108 valence electrons. The molecule has 1 N–H and O–H groups in total. The van der Waals surface area contributed by atoms with Gasteiger partial charge in [0.1, 0.15) is 5.01 Å². The Morgan fingerprint density at radius 1 is 1.42 bits per heavy atom. The fourth-order valence-corrected chi connectivity index (χ4v) is 4.04. The molecule has 0 spiro atoms. The zero-order chi connectivity index (χ0) is 13.7. The summed E-state index contributed by atoms with van der Waals surface area (Å²) in [4.78, 5) is 6.74. The lowest BCUT2D eigenvalue weighted by atomic mass is 10.4. The third-order valence-electron chi connectivity index (χ3n) is 3.12. The molecule has 2 rings (SSSR count). The lowest BCUT2D eigenvalue weighted by Crippen LogP contribution is -2.39. The highest BCUT2D eigenvalue weighted by Gasteiger charge is 2.21. The lowest BCUT2D eigenvalue weighted by Gasteiger charge is -2.25. The van der Waals surface area contributed by atoms with E-state index in [2.05, 4.69) is 27.5 Å². The van der Waals surface area contributed by atoms with Crippen molar-refractivity contribution in [2.75, 3.05) is 31.1 Å². The quantitative estimate of drug-likeness (QED) is 0.790. The number of nitrogens with zero attached hydrogens (tertiary/aromatic N) is 2. The number of hydrogen-bond acceptors (Lipinski definition) is 6. The van der Waals surface area contributed by atoms with E-state index in [0.717, 1.165) is 36.8 Å². The number of rotatable bonds is 6. The van der Waals surface area contributed by atoms with Gasteiger partial charge in [-0.25, -0.2) is 13.4 Å². The zero-order valence-corrected chi connectivity index (χ0v) is 12.9. The maximum atomic E-state index is 11.4. The zero-order valence-electron chi connectivity index (χ0n) is 11.3. The van der Waals surface area contributed by atoms with Gasteiger partial charge in [0.05, 0.1) is 17.2 Å². The molecule has 1 aromatic heterocycles. The topological polar surface area (TPSA) is 62.3 Å². The summed E-state index contributed by atoms with van der Waals surface area (Å²) < 4.78 is 22.7. The van der Waals surface area contributed by atoms with Crippen LogP contribution in [-0.4, -0.2) is 49.4 Å². The molecule has 0 unspecified atom stereocenters. The van der Waals surface area contributed by atoms with Gasteiger partial charge in [-0.2, -0.15) is 0 Å². The van der Waals surface area contributed by atoms with Gasteiger partial charge < -0.3 is 5.32 Å². The number of sulfone groups is 1. The lowest BCUT2D eigenvalue weighted by molar-refractivity contribution is 0.284. The predicted octanol–water partition coefficient (Wildman–Crippen LogP) is 0.873. The number of nitrogens with one attached hydrogen (secondary N) is 1. The van der Waals surface area contributed by atoms with Crippen LogP contribution >= 0.6 is 11.3 Å². The van der Waals surface area contributed by atoms with Crippen molar-refractivity contribution in [3.63, 3.8) is 0 Å². The maximum Gasteiger partial charge on any atom is 0.152 e. The third kappa shape index (κ3) is 4.83. The van der Waals surface area contributed by atoms with Gasteiger partial charge in [0.2, 0.25) is 0 Å². The highest BCUT2D eigenvalue weighted by molar-refractivity contribution is 7.91. The van der Waals surface area contributed by atoms with Gasteiger partial charge in [-0.1, -0.05) is 6.92 Å². The van der Waals surface area contributed by atoms with Crippen molar-refractivity contribution in [2.45, 2.75) is 26.4 Å². The molecule has 1 saturated heterocycles. The highest BCUT2D eigenvalue weighted by Crippen LogP contribution is 2.13. The molecule has 0 amide bonds. The summed E-state index contributed by atoms with van der Waals surface area (Å²) in [5.41, 5.74) is 1.05. The van der Waals surface area contributed by atoms with E-state index >= 15 is 0 Å². The Labute approximate surface area is 119 Å². The summed E-state index contributed by atoms with van der Waals surface area (Å²) in [5.74, 6) is 0.560. The minimum Gasteiger partial charge on any atom is -0.310 e. The summed E-state index contributed by atoms with van der Waals surface area (Å²) in [6.07, 6.45) is 1.13. The molecule has 0 atom stereocenters. The van der Waals surface area contributed by atoms with Crippen molar-refractivity contribution in [1.82, 2.24) is 15.2 Å². The van der Waals surface area contributed by atoms with E-state index in [1.165, 1.54) is 0 Å². The fraction of sp³-hybridized carbons (Fsp3) is 0.750. The molecular weight excluding hydrogens is 282 g/mol. The summed E-state index contributed by atoms with van der Waals surface area (Å²) in [7, 11) is -2.79. The van der Waals surface area contributed by atoms with Crippen molar-refractivity contribution >= 4 is 21.2 Å². The first-order valence-corrected chi connectivity index (χ1v) is 9.36. The molecule has 19 heavy (non-hydrogen) atoms. The number of hydrogen-bond donors (Lipinski definition) is 1. The van der Waals surface area contributed by atoms with Crippen LogP contribution in [0.15, 0.2) is 5.38 Å². The minimum absolute atomic E-state index is 0.280. The molecule has 1 fully saturated rings. The Hall–Kier alpha value is -0.500. The molecule has 2 heterocycles. The van der Waals surface area contributed by atoms with Crippen LogP contribution in [0.5, 0.6) is 0 Å². The smallest absolute Gasteiger partial charge is 0.152 e. The average molecular weight is 303 g/mol. The van der Waals surface area contributed by atoms with Crippen LogP contribution in [-0.2, 0) is 22.9 Å². The average Bonchev–Trinajstić information content (AvgIpc) is 2.80. The first-order valence-electron chi connectivity index (χ1n) is 6.66. The van der Waals surface area contributed by atoms with Crippen molar-refractivity contribution < 1.29 is 8.42 Å². The van der Waals surface area contributed by atoms with E-state index in [9.17, 15) is 8.42 Å². The van der Waals surface area contributed by atoms with Gasteiger partial charge in [0.15, 0.2) is 9.84 Å². The summed E-state index contributed by atoms with van der Waals surface area (Å²) in [5, 5.41) is 6.51. The maximum absolute atomic E-state index is 11.4. The molecule has 5 nitrogen and oxygen atoms in total. The first-order chi connectivity index (χ1) is 9.09. The van der Waals surface area contributed by atoms with Crippen molar-refractivity contribution in [3.05, 3.63) is 16.1 Å². The Bertz CT molecular complexity index is 485. The van der Waals surface area contributed by atoms with E-state index in [0.29, 0.717) is 13.1 Å². The van der Waals surface area contributed by atoms with Crippen LogP contribution in [0.1, 0.15) is 24.0 Å². The standard InChI is InChI=1S/C12H21N3O2S2/c1-2-3-13-8-12-14-11(10-18-12)9-15-4-6-19(16,17)7-5-15/h10,13H,2-9H2,1H3. The normalized spacial score (nSPS) is 19.6. The molecule has 0 radical (unpaired) electrons. The summed E-state index contributed by atoms with van der Waals surface area (Å²) in [6.45, 7) is 6.00. The van der Waals surface area contributed by atoms with Gasteiger partial charge in [-0.05, 0) is 13.0 Å². The summed E-state index contributed by atoms with van der Waals surface area (Å²) >= 11 is 1.67. The second-order valence-corrected chi connectivity index (χ2v) is 8.08. The van der Waals surface area contributed by atoms with Crippen molar-refractivity contribution in [1.29, 1.82) is 0 Å². The SMILES string of the molecule is CCCNCc1nc(CN2CCS(=O)(=O)CC2)cs1. The van der Waals surface area contributed by atoms with Crippen molar-refractivity contribution in [2.24, 2.45) is 0 Å². The molecular formula is C12H21N3O2S2. The molecule has 1 aromatic rings. The van der Waals surface area contributed by atoms with Crippen LogP contribution in [0.2, 0.25) is 0 Å². The van der Waals surface area contributed by atoms with Gasteiger partial charge in [0.25, 0.3) is 0 Å². The monoisotopic (exact) mass is 303 g/mol. The van der Waals surface area contributed by atoms with Crippen LogP contribution in [0.25, 0.3) is 0 Å². The molecule has 7 heteroatoms. The Morgan fingerprint density at radius 3 is 2.84 bits per heavy atom. The van der Waals surface area contributed by atoms with Gasteiger partial charge in [0, 0.05) is 31.6 Å². The molecule has 1 aliphatic heterocycles. The second kappa shape index (κ2) is 6.78. The molecule has 0 aliphatic carbocycles. The van der Waals surface area contributed by atoms with E-state index in [4.69, 9.17) is 0 Å². The largest absolute Gasteiger partial charge is 0.310 e. The molecule has 0 saturated carbocycles. The Balaban J connectivity index is 1.80. The van der Waals surface area contributed by atoms with E-state index < -0.39 is 9.84 Å². The van der Waals surface area contributed by atoms with Gasteiger partial charge in [-0.3, -0.25) is 4.90 Å². The second-order valence-electron chi connectivity index (χ2n) is 4.84. The number of thiazole rings is 1. The third-order valence-corrected chi connectivity index (χ3v) is 5.63. The number of aromatic nitrogens is 1. The summed E-state index contributed by atoms with van der Waals surface area (Å²) in [6, 6.07) is 0. The van der Waals surface area contributed by atoms with E-state index in [1.54, 1.807) is 11.3 Å². The molecule has 0 bridgehead atoms. The van der Waals surface area contributed by atoms with Crippen LogP contribution < -0.4 is 5.32 Å². The first kappa shape index (κ1) is 14.9. The van der Waals surface area contributed by atoms with Crippen LogP contribution in [0.3, 0.4) is 0 Å². The van der Waals surface area contributed by atoms with E-state index in [1.807, 2.05) is 0 Å². The highest BCUT2D eigenvalue weighted by atomic mass is 32.2. The van der Waals surface area contributed by atoms with Gasteiger partial charge >= 0.3 is 0 Å². The molecule has 0 aromatic carbocycles. The van der Waals surface area contributed by atoms with Crippen LogP contribution in [0, 0.1) is 0 Å². The van der Waals surface area contributed by atoms with Gasteiger partial charge in [-0.15, -0.1) is 11.3 Å². The van der Waals surface area contributed by atoms with Crippen LogP contribution in [0.4, 0.5) is 0 Å². The minimum atomic E-state index is -2.79. The predicted molar refractivity (Wildman–Crippen MR) is 78.0 cm³/mol. The fourth-order valence-electron chi connectivity index (χ4n) is 2.01. The molecule has 1 aliphatic rings. The van der Waals surface area contributed by atoms with Crippen molar-refractivity contribution in [3.8, 4) is 0 Å². The Kier molecular flexibility index (Phi) is 5.32.